The maximum atomic E-state index is 12.9. The zero-order chi connectivity index (χ0) is 19.1. The smallest absolute Gasteiger partial charge is 0.349 e. The van der Waals surface area contributed by atoms with E-state index in [2.05, 4.69) is 0 Å². The molecule has 2 aromatic carbocycles. The first kappa shape index (κ1) is 18.9. The molecule has 5 nitrogen and oxygen atoms in total. The molecule has 0 N–H and O–H groups in total. The van der Waals surface area contributed by atoms with Crippen LogP contribution in [0.2, 0.25) is 0 Å². The van der Waals surface area contributed by atoms with Crippen LogP contribution in [-0.2, 0) is 9.53 Å². The van der Waals surface area contributed by atoms with E-state index in [4.69, 9.17) is 9.47 Å². The van der Waals surface area contributed by atoms with Gasteiger partial charge in [0.1, 0.15) is 23.2 Å². The van der Waals surface area contributed by atoms with Gasteiger partial charge in [-0.1, -0.05) is 12.1 Å². The number of carbonyl (C=O) groups excluding carboxylic acids is 2. The molecule has 0 fully saturated rings. The topological polar surface area (TPSA) is 76.4 Å². The van der Waals surface area contributed by atoms with Crippen LogP contribution in [0.3, 0.4) is 0 Å². The van der Waals surface area contributed by atoms with E-state index in [0.717, 1.165) is 12.1 Å². The predicted octanol–water partition coefficient (Wildman–Crippen LogP) is 3.56. The van der Waals surface area contributed by atoms with Gasteiger partial charge in [0.15, 0.2) is 6.10 Å². The second-order valence-electron chi connectivity index (χ2n) is 5.36. The van der Waals surface area contributed by atoms with Crippen LogP contribution in [0.4, 0.5) is 4.39 Å². The zero-order valence-electron chi connectivity index (χ0n) is 14.2. The Balaban J connectivity index is 2.10. The van der Waals surface area contributed by atoms with Gasteiger partial charge in [-0.15, -0.1) is 0 Å². The molecule has 0 unspecified atom stereocenters. The Morgan fingerprint density at radius 2 is 1.73 bits per heavy atom. The Bertz CT molecular complexity index is 864. The summed E-state index contributed by atoms with van der Waals surface area (Å²) in [6.07, 6.45) is 0.247. The molecule has 0 aliphatic rings. The lowest BCUT2D eigenvalue weighted by molar-refractivity contribution is -0.141. The summed E-state index contributed by atoms with van der Waals surface area (Å²) in [5, 5.41) is 9.19. The minimum atomic E-state index is -1.11. The molecule has 2 rings (SSSR count). The summed E-state index contributed by atoms with van der Waals surface area (Å²) in [5.41, 5.74) is 0.579. The number of esters is 1. The molecule has 2 aromatic rings. The van der Waals surface area contributed by atoms with E-state index in [-0.39, 0.29) is 11.1 Å². The van der Waals surface area contributed by atoms with Crippen molar-refractivity contribution in [3.63, 3.8) is 0 Å². The third-order valence-corrected chi connectivity index (χ3v) is 3.55. The van der Waals surface area contributed by atoms with Gasteiger partial charge in [-0.3, -0.25) is 4.79 Å². The van der Waals surface area contributed by atoms with E-state index in [0.29, 0.717) is 11.3 Å². The Morgan fingerprint density at radius 1 is 1.12 bits per heavy atom. The molecule has 6 heteroatoms. The molecule has 0 aliphatic heterocycles. The first-order valence-electron chi connectivity index (χ1n) is 7.71. The van der Waals surface area contributed by atoms with E-state index in [9.17, 15) is 19.2 Å². The number of hydrogen-bond donors (Lipinski definition) is 0. The molecule has 0 aliphatic carbocycles. The number of nitrogens with zero attached hydrogens (tertiary/aromatic N) is 1. The lowest BCUT2D eigenvalue weighted by Crippen LogP contribution is -2.25. The van der Waals surface area contributed by atoms with Gasteiger partial charge in [-0.05, 0) is 55.0 Å². The van der Waals surface area contributed by atoms with Crippen LogP contribution >= 0.6 is 0 Å². The first-order chi connectivity index (χ1) is 12.4. The summed E-state index contributed by atoms with van der Waals surface area (Å²) in [7, 11) is 1.53. The van der Waals surface area contributed by atoms with Gasteiger partial charge >= 0.3 is 5.97 Å². The number of ketones is 1. The number of carbonyl (C=O) groups is 2. The van der Waals surface area contributed by atoms with Gasteiger partial charge in [-0.25, -0.2) is 9.18 Å². The lowest BCUT2D eigenvalue weighted by atomic mass is 10.1. The summed E-state index contributed by atoms with van der Waals surface area (Å²) < 4.78 is 23.0. The molecular weight excluding hydrogens is 337 g/mol. The van der Waals surface area contributed by atoms with E-state index in [1.54, 1.807) is 30.3 Å². The fourth-order valence-corrected chi connectivity index (χ4v) is 2.13. The summed E-state index contributed by atoms with van der Waals surface area (Å²) in [4.78, 5) is 24.4. The fraction of sp³-hybridized carbons (Fsp3) is 0.150. The monoisotopic (exact) mass is 353 g/mol. The molecule has 0 saturated heterocycles. The lowest BCUT2D eigenvalue weighted by Gasteiger charge is -2.12. The van der Waals surface area contributed by atoms with Crippen molar-refractivity contribution < 1.29 is 23.5 Å². The van der Waals surface area contributed by atoms with Crippen molar-refractivity contribution in [2.45, 2.75) is 13.0 Å². The van der Waals surface area contributed by atoms with E-state index >= 15 is 0 Å². The minimum Gasteiger partial charge on any atom is -0.497 e. The van der Waals surface area contributed by atoms with Crippen LogP contribution < -0.4 is 4.74 Å². The highest BCUT2D eigenvalue weighted by Crippen LogP contribution is 2.15. The van der Waals surface area contributed by atoms with Crippen LogP contribution in [0.1, 0.15) is 22.8 Å². The van der Waals surface area contributed by atoms with Gasteiger partial charge in [0, 0.05) is 5.56 Å². The quantitative estimate of drug-likeness (QED) is 0.343. The van der Waals surface area contributed by atoms with Crippen molar-refractivity contribution in [3.05, 3.63) is 71.0 Å². The zero-order valence-corrected chi connectivity index (χ0v) is 14.2. The van der Waals surface area contributed by atoms with Crippen LogP contribution in [0.25, 0.3) is 6.08 Å². The second-order valence-corrected chi connectivity index (χ2v) is 5.36. The number of rotatable bonds is 6. The molecule has 0 heterocycles. The number of halogens is 1. The van der Waals surface area contributed by atoms with Crippen LogP contribution in [0, 0.1) is 17.1 Å². The maximum Gasteiger partial charge on any atom is 0.349 e. The van der Waals surface area contributed by atoms with Gasteiger partial charge in [0.05, 0.1) is 7.11 Å². The Kier molecular flexibility index (Phi) is 6.23. The van der Waals surface area contributed by atoms with E-state index in [1.807, 2.05) is 0 Å². The van der Waals surface area contributed by atoms with Crippen molar-refractivity contribution >= 4 is 17.8 Å². The summed E-state index contributed by atoms with van der Waals surface area (Å²) >= 11 is 0. The molecule has 0 spiro atoms. The predicted molar refractivity (Wildman–Crippen MR) is 92.9 cm³/mol. The number of nitriles is 1. The number of benzene rings is 2. The molecule has 0 amide bonds. The van der Waals surface area contributed by atoms with Crippen LogP contribution in [0.5, 0.6) is 5.75 Å². The van der Waals surface area contributed by atoms with E-state index in [1.165, 1.54) is 32.2 Å². The average Bonchev–Trinajstić information content (AvgIpc) is 2.66. The van der Waals surface area contributed by atoms with Crippen LogP contribution in [-0.4, -0.2) is 25.0 Å². The third kappa shape index (κ3) is 4.77. The molecule has 0 aromatic heterocycles. The largest absolute Gasteiger partial charge is 0.497 e. The highest BCUT2D eigenvalue weighted by molar-refractivity contribution is 6.03. The molecule has 132 valence electrons. The third-order valence-electron chi connectivity index (χ3n) is 3.55. The molecule has 0 radical (unpaired) electrons. The summed E-state index contributed by atoms with van der Waals surface area (Å²) in [5.74, 6) is -1.23. The van der Waals surface area contributed by atoms with Crippen molar-refractivity contribution in [1.29, 1.82) is 5.26 Å². The van der Waals surface area contributed by atoms with Crippen molar-refractivity contribution in [2.24, 2.45) is 0 Å². The van der Waals surface area contributed by atoms with Crippen molar-refractivity contribution in [1.82, 2.24) is 0 Å². The average molecular weight is 353 g/mol. The van der Waals surface area contributed by atoms with Gasteiger partial charge in [0.25, 0.3) is 0 Å². The van der Waals surface area contributed by atoms with Crippen LogP contribution in [0.15, 0.2) is 54.1 Å². The van der Waals surface area contributed by atoms with Gasteiger partial charge in [0.2, 0.25) is 5.78 Å². The van der Waals surface area contributed by atoms with Gasteiger partial charge in [-0.2, -0.15) is 5.26 Å². The number of methoxy groups -OCH3 is 1. The highest BCUT2D eigenvalue weighted by Gasteiger charge is 2.21. The molecule has 0 saturated carbocycles. The van der Waals surface area contributed by atoms with Gasteiger partial charge < -0.3 is 9.47 Å². The molecule has 1 atom stereocenters. The minimum absolute atomic E-state index is 0.212. The Morgan fingerprint density at radius 3 is 2.27 bits per heavy atom. The fourth-order valence-electron chi connectivity index (χ4n) is 2.13. The highest BCUT2D eigenvalue weighted by atomic mass is 19.1. The van der Waals surface area contributed by atoms with Crippen molar-refractivity contribution in [2.75, 3.05) is 7.11 Å². The SMILES string of the molecule is COc1ccc(/C=C(\C#N)C(=O)O[C@@H](C)C(=O)c2ccc(F)cc2)cc1. The second kappa shape index (κ2) is 8.58. The number of Topliss-reactive ketones (excluding diaryl/α,β-unsaturated/α-hetero) is 1. The molecule has 0 bridgehead atoms. The Hall–Kier alpha value is -3.46. The Labute approximate surface area is 150 Å². The van der Waals surface area contributed by atoms with Crippen molar-refractivity contribution in [3.8, 4) is 11.8 Å². The standard InChI is InChI=1S/C20H16FNO4/c1-13(19(23)15-5-7-17(21)8-6-15)26-20(24)16(12-22)11-14-3-9-18(25-2)10-4-14/h3-11,13H,1-2H3/b16-11+/t13-/m0/s1. The summed E-state index contributed by atoms with van der Waals surface area (Å²) in [6.45, 7) is 1.39. The maximum absolute atomic E-state index is 12.9. The summed E-state index contributed by atoms with van der Waals surface area (Å²) in [6, 6.07) is 13.4. The number of hydrogen-bond acceptors (Lipinski definition) is 5. The molecule has 26 heavy (non-hydrogen) atoms. The first-order valence-corrected chi connectivity index (χ1v) is 7.71. The number of ether oxygens (including phenoxy) is 2. The molecular formula is C20H16FNO4. The van der Waals surface area contributed by atoms with E-state index < -0.39 is 23.7 Å². The normalized spacial score (nSPS) is 12.0.